The van der Waals surface area contributed by atoms with Crippen LogP contribution in [0.4, 0.5) is 0 Å². The topological polar surface area (TPSA) is 0 Å². The van der Waals surface area contributed by atoms with E-state index in [2.05, 4.69) is 88.7 Å². The molecule has 0 aliphatic heterocycles. The third kappa shape index (κ3) is 8.98. The summed E-state index contributed by atoms with van der Waals surface area (Å²) in [6.07, 6.45) is 11.0. The molecule has 0 saturated carbocycles. The third-order valence-electron chi connectivity index (χ3n) is 6.81. The van der Waals surface area contributed by atoms with E-state index in [4.69, 9.17) is 11.6 Å². The van der Waals surface area contributed by atoms with Crippen molar-refractivity contribution in [3.05, 3.63) is 179 Å². The first-order valence-electron chi connectivity index (χ1n) is 13.6. The maximum absolute atomic E-state index is 5.71. The van der Waals surface area contributed by atoms with Crippen LogP contribution in [-0.4, -0.2) is 3.71 Å². The molecule has 0 unspecified atom stereocenters. The van der Waals surface area contributed by atoms with Crippen LogP contribution in [0.3, 0.4) is 0 Å². The van der Waals surface area contributed by atoms with Crippen LogP contribution in [0.2, 0.25) is 5.02 Å². The van der Waals surface area contributed by atoms with Gasteiger partial charge in [0, 0.05) is 0 Å². The fourth-order valence-corrected chi connectivity index (χ4v) is 5.65. The number of allylic oxidation sites excluding steroid dienone is 4. The van der Waals surface area contributed by atoms with Crippen molar-refractivity contribution in [3.63, 3.8) is 0 Å². The summed E-state index contributed by atoms with van der Waals surface area (Å²) in [5, 5.41) is 6.11. The first-order chi connectivity index (χ1) is 20.3. The molecule has 8 rings (SSSR count). The Kier molecular flexibility index (Phi) is 14.3. The second-order valence-electron chi connectivity index (χ2n) is 9.47. The van der Waals surface area contributed by atoms with Crippen LogP contribution in [0.5, 0.6) is 0 Å². The average molecular weight is 696 g/mol. The van der Waals surface area contributed by atoms with Crippen molar-refractivity contribution in [2.24, 2.45) is 0 Å². The Morgan fingerprint density at radius 3 is 2.07 bits per heavy atom. The van der Waals surface area contributed by atoms with Crippen LogP contribution in [0.15, 0.2) is 140 Å². The predicted molar refractivity (Wildman–Crippen MR) is 186 cm³/mol. The summed E-state index contributed by atoms with van der Waals surface area (Å²) in [5.74, 6) is 0. The first kappa shape index (κ1) is 34.4. The normalized spacial score (nSPS) is 11.2. The van der Waals surface area contributed by atoms with Gasteiger partial charge in [-0.05, 0) is 28.5 Å². The number of fused-ring (bicyclic) bond motifs is 8. The van der Waals surface area contributed by atoms with Crippen molar-refractivity contribution in [2.75, 3.05) is 0 Å². The van der Waals surface area contributed by atoms with Crippen molar-refractivity contribution in [3.8, 4) is 11.1 Å². The molecule has 0 N–H and O–H groups in total. The molecule has 0 fully saturated rings. The maximum atomic E-state index is 5.71. The van der Waals surface area contributed by atoms with Gasteiger partial charge in [-0.15, -0.1) is 71.8 Å². The van der Waals surface area contributed by atoms with E-state index in [9.17, 15) is 0 Å². The minimum absolute atomic E-state index is 0. The van der Waals surface area contributed by atoms with E-state index in [0.717, 1.165) is 17.9 Å². The molecule has 0 saturated heterocycles. The van der Waals surface area contributed by atoms with Crippen LogP contribution in [0.25, 0.3) is 32.7 Å². The van der Waals surface area contributed by atoms with Crippen molar-refractivity contribution >= 4 is 61.7 Å². The fourth-order valence-electron chi connectivity index (χ4n) is 5.01. The molecule has 2 aliphatic carbocycles. The Labute approximate surface area is 287 Å². The number of hydrogen-bond acceptors (Lipinski definition) is 0. The molecular weight excluding hydrogens is 666 g/mol. The molecule has 0 nitrogen and oxygen atoms in total. The molecule has 0 atom stereocenters. The molecule has 4 heteroatoms. The van der Waals surface area contributed by atoms with Gasteiger partial charge in [0.25, 0.3) is 0 Å². The molecule has 0 amide bonds. The third-order valence-corrected chi connectivity index (χ3v) is 7.86. The van der Waals surface area contributed by atoms with E-state index in [1.54, 1.807) is 0 Å². The summed E-state index contributed by atoms with van der Waals surface area (Å²) in [6.45, 7) is 0. The van der Waals surface area contributed by atoms with E-state index in [1.807, 2.05) is 72.8 Å². The fraction of sp³-hybridized carbons (Fsp3) is 0.0513. The Hall–Kier alpha value is -3.06. The number of hydrogen-bond donors (Lipinski definition) is 0. The zero-order valence-corrected chi connectivity index (χ0v) is 28.3. The number of benzene rings is 6. The second-order valence-corrected chi connectivity index (χ2v) is 10.6. The standard InChI is InChI=1S/C21H13.C7H5Cl.C6H5.C5H5.2ClH.Zr/c1-2-8-15-14(7-1)13-20-18-11-4-3-9-16(18)17-10-5-6-12-19(17)21(15)20;1-6-3-2-4-7(8)5-6;1-2-4-6-5-3-1;1-2-4-5-3-1;;;/h1-10,12H,13H2;1-5H;1-5H;1-3H,4H2;2*1H;/q-1;;2*-1;;;. The Balaban J connectivity index is 0.000000191. The van der Waals surface area contributed by atoms with Gasteiger partial charge in [0.15, 0.2) is 0 Å². The molecule has 6 aromatic carbocycles. The molecular formula is C39H30Cl3Zr-3. The van der Waals surface area contributed by atoms with E-state index >= 15 is 0 Å². The minimum atomic E-state index is 0. The SMILES string of the molecule is Cl.Cl.Clc1cccc([CH]=[Zr])c1.[C-]1=CC=CC1.[c-]1cccc2c1c1c(c3ccccc32)-c2ccccc2C1.[c-]1ccccc1. The summed E-state index contributed by atoms with van der Waals surface area (Å²) >= 11 is 7.12. The van der Waals surface area contributed by atoms with Crippen molar-refractivity contribution in [2.45, 2.75) is 12.8 Å². The second kappa shape index (κ2) is 17.9. The van der Waals surface area contributed by atoms with Crippen LogP contribution < -0.4 is 0 Å². The molecule has 2 aliphatic rings. The van der Waals surface area contributed by atoms with Gasteiger partial charge < -0.3 is 0 Å². The Morgan fingerprint density at radius 2 is 1.47 bits per heavy atom. The quantitative estimate of drug-likeness (QED) is 0.118. The number of halogens is 3. The van der Waals surface area contributed by atoms with E-state index < -0.39 is 0 Å². The summed E-state index contributed by atoms with van der Waals surface area (Å²) in [5.41, 5.74) is 6.88. The average Bonchev–Trinajstić information content (AvgIpc) is 3.75. The Morgan fingerprint density at radius 1 is 0.721 bits per heavy atom. The summed E-state index contributed by atoms with van der Waals surface area (Å²) in [6, 6.07) is 47.7. The molecule has 6 aromatic rings. The van der Waals surface area contributed by atoms with Crippen LogP contribution in [0.1, 0.15) is 23.1 Å². The molecule has 0 aromatic heterocycles. The number of rotatable bonds is 1. The van der Waals surface area contributed by atoms with Crippen molar-refractivity contribution < 1.29 is 24.2 Å². The van der Waals surface area contributed by atoms with Gasteiger partial charge in [-0.3, -0.25) is 6.08 Å². The van der Waals surface area contributed by atoms with Crippen LogP contribution in [0, 0.1) is 18.2 Å². The molecule has 0 spiro atoms. The summed E-state index contributed by atoms with van der Waals surface area (Å²) < 4.78 is 2.11. The van der Waals surface area contributed by atoms with Gasteiger partial charge in [-0.2, -0.15) is 42.5 Å². The smallest absolute Gasteiger partial charge is 0.0240 e. The van der Waals surface area contributed by atoms with Crippen LogP contribution >= 0.6 is 36.4 Å². The molecule has 0 radical (unpaired) electrons. The first-order valence-corrected chi connectivity index (χ1v) is 15.4. The zero-order chi connectivity index (χ0) is 28.3. The zero-order valence-electron chi connectivity index (χ0n) is 23.5. The van der Waals surface area contributed by atoms with Gasteiger partial charge in [-0.25, -0.2) is 12.2 Å². The predicted octanol–water partition coefficient (Wildman–Crippen LogP) is 11.0. The van der Waals surface area contributed by atoms with Gasteiger partial charge >= 0.3 is 74.4 Å². The maximum Gasteiger partial charge on any atom is -0.0240 e. The largest absolute Gasteiger partial charge is 0.273 e. The Bertz CT molecular complexity index is 1790. The van der Waals surface area contributed by atoms with Crippen LogP contribution in [-0.2, 0) is 30.7 Å². The monoisotopic (exact) mass is 693 g/mol. The molecule has 0 bridgehead atoms. The van der Waals surface area contributed by atoms with Gasteiger partial charge in [0.05, 0.1) is 0 Å². The molecule has 214 valence electrons. The van der Waals surface area contributed by atoms with E-state index in [0.29, 0.717) is 0 Å². The van der Waals surface area contributed by atoms with Gasteiger partial charge in [-0.1, -0.05) is 53.9 Å². The summed E-state index contributed by atoms with van der Waals surface area (Å²) in [7, 11) is 0. The minimum Gasteiger partial charge on any atom is -0.273 e. The van der Waals surface area contributed by atoms with Crippen molar-refractivity contribution in [1.29, 1.82) is 0 Å². The van der Waals surface area contributed by atoms with Gasteiger partial charge in [0.2, 0.25) is 0 Å². The van der Waals surface area contributed by atoms with Gasteiger partial charge in [0.1, 0.15) is 0 Å². The summed E-state index contributed by atoms with van der Waals surface area (Å²) in [4.78, 5) is 0. The van der Waals surface area contributed by atoms with E-state index in [-0.39, 0.29) is 24.8 Å². The van der Waals surface area contributed by atoms with Crippen molar-refractivity contribution in [1.82, 2.24) is 0 Å². The molecule has 43 heavy (non-hydrogen) atoms. The molecule has 0 heterocycles. The van der Waals surface area contributed by atoms with E-state index in [1.165, 1.54) is 73.6 Å².